The van der Waals surface area contributed by atoms with Crippen LogP contribution in [0, 0.1) is 10.1 Å². The molecule has 0 heterocycles. The molecule has 150 valence electrons. The fraction of sp³-hybridized carbons (Fsp3) is 0.278. The molecule has 0 spiro atoms. The van der Waals surface area contributed by atoms with Gasteiger partial charge in [0.2, 0.25) is 10.0 Å². The molecule has 0 atom stereocenters. The third-order valence-electron chi connectivity index (χ3n) is 4.05. The van der Waals surface area contributed by atoms with Crippen LogP contribution in [-0.2, 0) is 21.2 Å². The molecular formula is C18H20N2O7S. The molecule has 0 bridgehead atoms. The zero-order valence-electron chi connectivity index (χ0n) is 15.1. The minimum absolute atomic E-state index is 0.0324. The maximum absolute atomic E-state index is 12.9. The van der Waals surface area contributed by atoms with Crippen LogP contribution < -0.4 is 4.74 Å². The highest BCUT2D eigenvalue weighted by Gasteiger charge is 2.26. The van der Waals surface area contributed by atoms with Gasteiger partial charge in [-0.15, -0.1) is 0 Å². The molecule has 28 heavy (non-hydrogen) atoms. The quantitative estimate of drug-likeness (QED) is 0.472. The Labute approximate surface area is 162 Å². The zero-order valence-corrected chi connectivity index (χ0v) is 16.0. The third kappa shape index (κ3) is 5.51. The van der Waals surface area contributed by atoms with Crippen LogP contribution in [0.25, 0.3) is 0 Å². The monoisotopic (exact) mass is 408 g/mol. The first-order chi connectivity index (χ1) is 13.2. The highest BCUT2D eigenvalue weighted by Crippen LogP contribution is 2.22. The van der Waals surface area contributed by atoms with Gasteiger partial charge in [-0.1, -0.05) is 18.2 Å². The van der Waals surface area contributed by atoms with Gasteiger partial charge in [0.15, 0.2) is 0 Å². The van der Waals surface area contributed by atoms with E-state index in [2.05, 4.69) is 0 Å². The second kappa shape index (κ2) is 9.29. The van der Waals surface area contributed by atoms with Crippen LogP contribution in [0.3, 0.4) is 0 Å². The number of hydrogen-bond acceptors (Lipinski definition) is 6. The number of non-ortho nitro benzene ring substituents is 1. The first-order valence-electron chi connectivity index (χ1n) is 8.33. The van der Waals surface area contributed by atoms with E-state index in [0.29, 0.717) is 12.2 Å². The molecule has 0 radical (unpaired) electrons. The van der Waals surface area contributed by atoms with Crippen molar-refractivity contribution in [3.8, 4) is 5.75 Å². The number of carbonyl (C=O) groups is 1. The second-order valence-corrected chi connectivity index (χ2v) is 7.84. The molecule has 0 saturated heterocycles. The fourth-order valence-electron chi connectivity index (χ4n) is 2.53. The summed E-state index contributed by atoms with van der Waals surface area (Å²) in [6, 6.07) is 11.8. The first kappa shape index (κ1) is 21.3. The van der Waals surface area contributed by atoms with E-state index in [9.17, 15) is 23.3 Å². The van der Waals surface area contributed by atoms with Crippen molar-refractivity contribution < 1.29 is 28.0 Å². The van der Waals surface area contributed by atoms with Crippen LogP contribution in [-0.4, -0.2) is 48.9 Å². The number of carboxylic acids is 1. The summed E-state index contributed by atoms with van der Waals surface area (Å²) in [7, 11) is -2.56. The maximum atomic E-state index is 12.9. The van der Waals surface area contributed by atoms with E-state index in [-0.39, 0.29) is 30.1 Å². The summed E-state index contributed by atoms with van der Waals surface area (Å²) in [5.74, 6) is -0.473. The second-order valence-electron chi connectivity index (χ2n) is 5.90. The lowest BCUT2D eigenvalue weighted by atomic mass is 10.1. The molecule has 0 aromatic heterocycles. The van der Waals surface area contributed by atoms with Crippen LogP contribution in [0.15, 0.2) is 53.4 Å². The maximum Gasteiger partial charge on any atom is 0.304 e. The van der Waals surface area contributed by atoms with E-state index in [1.54, 1.807) is 24.3 Å². The number of nitrogens with zero attached hydrogens (tertiary/aromatic N) is 2. The predicted molar refractivity (Wildman–Crippen MR) is 101 cm³/mol. The predicted octanol–water partition coefficient (Wildman–Crippen LogP) is 2.31. The van der Waals surface area contributed by atoms with E-state index in [1.165, 1.54) is 25.3 Å². The number of rotatable bonds is 10. The number of nitro groups is 1. The number of sulfonamides is 1. The average Bonchev–Trinajstić information content (AvgIpc) is 2.68. The zero-order chi connectivity index (χ0) is 20.7. The lowest BCUT2D eigenvalue weighted by Crippen LogP contribution is -2.34. The molecule has 9 nitrogen and oxygen atoms in total. The smallest absolute Gasteiger partial charge is 0.304 e. The van der Waals surface area contributed by atoms with Crippen LogP contribution in [0.2, 0.25) is 0 Å². The highest BCUT2D eigenvalue weighted by atomic mass is 32.2. The Balaban J connectivity index is 2.25. The molecule has 10 heteroatoms. The number of aliphatic carboxylic acids is 1. The summed E-state index contributed by atoms with van der Waals surface area (Å²) in [6.45, 7) is -0.207. The Morgan fingerprint density at radius 1 is 1.18 bits per heavy atom. The van der Waals surface area contributed by atoms with Crippen molar-refractivity contribution in [1.29, 1.82) is 0 Å². The number of ether oxygens (including phenoxy) is 1. The molecule has 2 aromatic rings. The lowest BCUT2D eigenvalue weighted by molar-refractivity contribution is -0.385. The van der Waals surface area contributed by atoms with Gasteiger partial charge >= 0.3 is 5.97 Å². The minimum Gasteiger partial charge on any atom is -0.497 e. The molecule has 0 amide bonds. The number of methoxy groups -OCH3 is 1. The van der Waals surface area contributed by atoms with E-state index < -0.39 is 20.9 Å². The van der Waals surface area contributed by atoms with Crippen LogP contribution in [0.1, 0.15) is 12.0 Å². The summed E-state index contributed by atoms with van der Waals surface area (Å²) in [6.07, 6.45) is -0.0332. The van der Waals surface area contributed by atoms with Crippen LogP contribution in [0.5, 0.6) is 5.75 Å². The summed E-state index contributed by atoms with van der Waals surface area (Å²) >= 11 is 0. The van der Waals surface area contributed by atoms with Gasteiger partial charge in [-0.05, 0) is 30.2 Å². The van der Waals surface area contributed by atoms with Gasteiger partial charge in [-0.3, -0.25) is 14.9 Å². The fourth-order valence-corrected chi connectivity index (χ4v) is 4.01. The third-order valence-corrected chi connectivity index (χ3v) is 5.94. The largest absolute Gasteiger partial charge is 0.497 e. The molecule has 2 rings (SSSR count). The van der Waals surface area contributed by atoms with Crippen molar-refractivity contribution in [2.75, 3.05) is 20.2 Å². The molecule has 0 unspecified atom stereocenters. The van der Waals surface area contributed by atoms with E-state index in [0.717, 1.165) is 15.9 Å². The van der Waals surface area contributed by atoms with Crippen molar-refractivity contribution in [3.05, 3.63) is 64.2 Å². The van der Waals surface area contributed by atoms with Gasteiger partial charge < -0.3 is 9.84 Å². The molecule has 0 aliphatic rings. The molecule has 1 N–H and O–H groups in total. The van der Waals surface area contributed by atoms with Gasteiger partial charge in [0.25, 0.3) is 5.69 Å². The van der Waals surface area contributed by atoms with Crippen LogP contribution in [0.4, 0.5) is 5.69 Å². The summed E-state index contributed by atoms with van der Waals surface area (Å²) in [5, 5.41) is 19.9. The van der Waals surface area contributed by atoms with E-state index in [1.807, 2.05) is 0 Å². The average molecular weight is 408 g/mol. The lowest BCUT2D eigenvalue weighted by Gasteiger charge is -2.21. The molecule has 0 fully saturated rings. The number of hydrogen-bond donors (Lipinski definition) is 1. The van der Waals surface area contributed by atoms with Gasteiger partial charge in [-0.25, -0.2) is 8.42 Å². The van der Waals surface area contributed by atoms with Crippen molar-refractivity contribution in [1.82, 2.24) is 4.31 Å². The standard InChI is InChI=1S/C18H20N2O7S/c1-27-16-7-5-14(6-8-16)9-11-19(12-10-18(21)22)28(25,26)17-4-2-3-15(13-17)20(23)24/h2-8,13H,9-12H2,1H3,(H,21,22). The Bertz CT molecular complexity index is 943. The summed E-state index contributed by atoms with van der Waals surface area (Å²) in [4.78, 5) is 20.9. The molecule has 0 aliphatic carbocycles. The molecule has 0 aliphatic heterocycles. The van der Waals surface area contributed by atoms with Crippen molar-refractivity contribution in [2.45, 2.75) is 17.7 Å². The van der Waals surface area contributed by atoms with E-state index in [4.69, 9.17) is 9.84 Å². The van der Waals surface area contributed by atoms with Crippen molar-refractivity contribution in [3.63, 3.8) is 0 Å². The molecule has 2 aromatic carbocycles. The van der Waals surface area contributed by atoms with Gasteiger partial charge in [0, 0.05) is 25.2 Å². The van der Waals surface area contributed by atoms with Gasteiger partial charge in [-0.2, -0.15) is 4.31 Å². The molecular weight excluding hydrogens is 388 g/mol. The minimum atomic E-state index is -4.09. The molecule has 0 saturated carbocycles. The topological polar surface area (TPSA) is 127 Å². The number of nitro benzene ring substituents is 1. The van der Waals surface area contributed by atoms with Crippen molar-refractivity contribution >= 4 is 21.7 Å². The van der Waals surface area contributed by atoms with Gasteiger partial charge in [0.05, 0.1) is 23.3 Å². The number of benzene rings is 2. The Kier molecular flexibility index (Phi) is 7.07. The van der Waals surface area contributed by atoms with Crippen LogP contribution >= 0.6 is 0 Å². The number of carboxylic acid groups (broad SMARTS) is 1. The first-order valence-corrected chi connectivity index (χ1v) is 9.77. The summed E-state index contributed by atoms with van der Waals surface area (Å²) < 4.78 is 32.0. The Morgan fingerprint density at radius 2 is 1.86 bits per heavy atom. The normalized spacial score (nSPS) is 11.4. The SMILES string of the molecule is COc1ccc(CCN(CCC(=O)O)S(=O)(=O)c2cccc([N+](=O)[O-])c2)cc1. The van der Waals surface area contributed by atoms with Gasteiger partial charge in [0.1, 0.15) is 5.75 Å². The van der Waals surface area contributed by atoms with Crippen molar-refractivity contribution in [2.24, 2.45) is 0 Å². The Morgan fingerprint density at radius 3 is 2.43 bits per heavy atom. The Hall–Kier alpha value is -2.98. The summed E-state index contributed by atoms with van der Waals surface area (Å²) in [5.41, 5.74) is 0.491. The highest BCUT2D eigenvalue weighted by molar-refractivity contribution is 7.89. The van der Waals surface area contributed by atoms with E-state index >= 15 is 0 Å².